The Hall–Kier alpha value is -4.55. The van der Waals surface area contributed by atoms with Crippen molar-refractivity contribution in [3.63, 3.8) is 0 Å². The summed E-state index contributed by atoms with van der Waals surface area (Å²) in [4.78, 5) is 20.7. The minimum atomic E-state index is -3.42. The monoisotopic (exact) mass is 514 g/mol. The van der Waals surface area contributed by atoms with Crippen LogP contribution in [0.5, 0.6) is 0 Å². The van der Waals surface area contributed by atoms with E-state index < -0.39 is 15.8 Å². The number of fused-ring (bicyclic) bond motifs is 2. The number of sulfonamides is 1. The minimum Gasteiger partial charge on any atom is -0.337 e. The van der Waals surface area contributed by atoms with E-state index in [0.29, 0.717) is 39.4 Å². The van der Waals surface area contributed by atoms with E-state index in [-0.39, 0.29) is 6.54 Å². The predicted molar refractivity (Wildman–Crippen MR) is 137 cm³/mol. The first-order chi connectivity index (χ1) is 17.8. The highest BCUT2D eigenvalue weighted by Gasteiger charge is 2.17. The Morgan fingerprint density at radius 3 is 2.65 bits per heavy atom. The molecule has 0 saturated carbocycles. The third-order valence-electron chi connectivity index (χ3n) is 5.85. The molecule has 0 aliphatic rings. The lowest BCUT2D eigenvalue weighted by Gasteiger charge is -2.08. The molecule has 0 amide bonds. The molecule has 2 aromatic carbocycles. The molecule has 37 heavy (non-hydrogen) atoms. The lowest BCUT2D eigenvalue weighted by molar-refractivity contribution is 0.586. The third-order valence-corrected chi connectivity index (χ3v) is 6.52. The number of para-hydroxylation sites is 1. The number of imidazole rings is 1. The molecule has 0 radical (unpaired) electrons. The van der Waals surface area contributed by atoms with Gasteiger partial charge in [0, 0.05) is 41.8 Å². The Kier molecular flexibility index (Phi) is 5.46. The van der Waals surface area contributed by atoms with Crippen LogP contribution in [0.15, 0.2) is 67.4 Å². The quantitative estimate of drug-likeness (QED) is 0.307. The number of aromatic nitrogens is 7. The summed E-state index contributed by atoms with van der Waals surface area (Å²) in [7, 11) is -3.42. The normalized spacial score (nSPS) is 11.9. The van der Waals surface area contributed by atoms with Crippen molar-refractivity contribution in [3.8, 4) is 33.8 Å². The van der Waals surface area contributed by atoms with Gasteiger partial charge in [-0.3, -0.25) is 5.10 Å². The van der Waals surface area contributed by atoms with Gasteiger partial charge in [-0.25, -0.2) is 37.5 Å². The number of halogens is 1. The molecular weight excluding hydrogens is 495 g/mol. The Morgan fingerprint density at radius 1 is 1.00 bits per heavy atom. The van der Waals surface area contributed by atoms with Crippen LogP contribution in [0.3, 0.4) is 0 Å². The van der Waals surface area contributed by atoms with Gasteiger partial charge in [-0.1, -0.05) is 12.1 Å². The number of hydrogen-bond donors (Lipinski definition) is 3. The van der Waals surface area contributed by atoms with Crippen molar-refractivity contribution in [1.82, 2.24) is 39.8 Å². The van der Waals surface area contributed by atoms with Gasteiger partial charge in [0.2, 0.25) is 10.0 Å². The van der Waals surface area contributed by atoms with E-state index in [0.717, 1.165) is 28.3 Å². The summed E-state index contributed by atoms with van der Waals surface area (Å²) in [6, 6.07) is 11.9. The van der Waals surface area contributed by atoms with Gasteiger partial charge in [0.15, 0.2) is 11.5 Å². The van der Waals surface area contributed by atoms with Crippen molar-refractivity contribution >= 4 is 32.1 Å². The van der Waals surface area contributed by atoms with Crippen molar-refractivity contribution in [3.05, 3.63) is 78.8 Å². The second kappa shape index (κ2) is 8.84. The van der Waals surface area contributed by atoms with Gasteiger partial charge >= 0.3 is 0 Å². The van der Waals surface area contributed by atoms with Crippen LogP contribution < -0.4 is 4.72 Å². The number of rotatable bonds is 6. The fourth-order valence-electron chi connectivity index (χ4n) is 4.19. The van der Waals surface area contributed by atoms with Crippen LogP contribution in [0.1, 0.15) is 5.56 Å². The van der Waals surface area contributed by atoms with E-state index >= 15 is 0 Å². The molecule has 0 bridgehead atoms. The number of aromatic amines is 2. The molecule has 6 rings (SSSR count). The summed E-state index contributed by atoms with van der Waals surface area (Å²) >= 11 is 0. The molecule has 0 spiro atoms. The maximum absolute atomic E-state index is 14.5. The van der Waals surface area contributed by atoms with Crippen LogP contribution >= 0.6 is 0 Å². The molecule has 0 saturated heterocycles. The first-order valence-corrected chi connectivity index (χ1v) is 13.1. The smallest absolute Gasteiger partial charge is 0.209 e. The van der Waals surface area contributed by atoms with Gasteiger partial charge in [0.25, 0.3) is 0 Å². The molecule has 0 aliphatic heterocycles. The average molecular weight is 515 g/mol. The summed E-state index contributed by atoms with van der Waals surface area (Å²) in [5.74, 6) is 0.0460. The molecule has 3 N–H and O–H groups in total. The van der Waals surface area contributed by atoms with Crippen LogP contribution in [0.4, 0.5) is 4.39 Å². The Labute approximate surface area is 210 Å². The van der Waals surface area contributed by atoms with Gasteiger partial charge < -0.3 is 4.98 Å². The maximum Gasteiger partial charge on any atom is 0.209 e. The maximum atomic E-state index is 14.5. The molecule has 0 atom stereocenters. The fourth-order valence-corrected chi connectivity index (χ4v) is 4.62. The molecule has 0 fully saturated rings. The summed E-state index contributed by atoms with van der Waals surface area (Å²) in [5.41, 5.74) is 5.98. The van der Waals surface area contributed by atoms with Crippen molar-refractivity contribution in [2.75, 3.05) is 6.26 Å². The molecule has 0 unspecified atom stereocenters. The number of nitrogens with zero attached hydrogens (tertiary/aromatic N) is 5. The second-order valence-electron chi connectivity index (χ2n) is 8.55. The Balaban J connectivity index is 1.44. The predicted octanol–water partition coefficient (Wildman–Crippen LogP) is 3.81. The van der Waals surface area contributed by atoms with Gasteiger partial charge in [0.1, 0.15) is 17.8 Å². The zero-order valence-electron chi connectivity index (χ0n) is 19.4. The summed E-state index contributed by atoms with van der Waals surface area (Å²) in [6.07, 6.45) is 7.67. The van der Waals surface area contributed by atoms with Gasteiger partial charge in [-0.2, -0.15) is 5.10 Å². The lowest BCUT2D eigenvalue weighted by atomic mass is 10.0. The molecule has 4 heterocycles. The standard InChI is InChI=1S/C25H19FN8O2S/c1-37(35,36)30-9-14-5-15(7-18(26)6-14)19-3-2-4-21-22(19)32-25(31-21)23-20-8-16(12-29-24(20)34-33-23)17-10-27-13-28-11-17/h2-8,10-13,30H,9H2,1H3,(H,31,32)(H,29,33,34). The second-order valence-corrected chi connectivity index (χ2v) is 10.4. The lowest BCUT2D eigenvalue weighted by Crippen LogP contribution is -2.21. The molecule has 4 aromatic heterocycles. The zero-order valence-corrected chi connectivity index (χ0v) is 20.2. The largest absolute Gasteiger partial charge is 0.337 e. The molecular formula is C25H19FN8O2S. The highest BCUT2D eigenvalue weighted by molar-refractivity contribution is 7.88. The third kappa shape index (κ3) is 4.55. The first-order valence-electron chi connectivity index (χ1n) is 11.2. The van der Waals surface area contributed by atoms with Crippen molar-refractivity contribution in [2.24, 2.45) is 0 Å². The van der Waals surface area contributed by atoms with Crippen LogP contribution in [0.2, 0.25) is 0 Å². The van der Waals surface area contributed by atoms with E-state index in [1.165, 1.54) is 18.5 Å². The molecule has 12 heteroatoms. The van der Waals surface area contributed by atoms with Crippen LogP contribution in [0.25, 0.3) is 55.8 Å². The molecule has 0 aliphatic carbocycles. The molecule has 10 nitrogen and oxygen atoms in total. The fraction of sp³-hybridized carbons (Fsp3) is 0.0800. The number of benzene rings is 2. The highest BCUT2D eigenvalue weighted by Crippen LogP contribution is 2.33. The van der Waals surface area contributed by atoms with Crippen LogP contribution in [-0.4, -0.2) is 49.8 Å². The summed E-state index contributed by atoms with van der Waals surface area (Å²) in [5, 5.41) is 8.14. The Morgan fingerprint density at radius 2 is 1.84 bits per heavy atom. The first kappa shape index (κ1) is 22.9. The van der Waals surface area contributed by atoms with E-state index in [9.17, 15) is 12.8 Å². The average Bonchev–Trinajstić information content (AvgIpc) is 3.51. The van der Waals surface area contributed by atoms with Gasteiger partial charge in [-0.15, -0.1) is 0 Å². The number of H-pyrrole nitrogens is 2. The topological polar surface area (TPSA) is 142 Å². The van der Waals surface area contributed by atoms with Gasteiger partial charge in [-0.05, 0) is 41.5 Å². The van der Waals surface area contributed by atoms with Crippen molar-refractivity contribution in [1.29, 1.82) is 0 Å². The van der Waals surface area contributed by atoms with E-state index in [2.05, 4.69) is 34.9 Å². The zero-order chi connectivity index (χ0) is 25.6. The minimum absolute atomic E-state index is 0.0214. The summed E-state index contributed by atoms with van der Waals surface area (Å²) in [6.45, 7) is -0.0214. The number of pyridine rings is 1. The Bertz CT molecular complexity index is 1880. The van der Waals surface area contributed by atoms with E-state index in [1.807, 2.05) is 24.3 Å². The van der Waals surface area contributed by atoms with Crippen LogP contribution in [0, 0.1) is 5.82 Å². The van der Waals surface area contributed by atoms with Crippen molar-refractivity contribution < 1.29 is 12.8 Å². The number of nitrogens with one attached hydrogen (secondary N) is 3. The van der Waals surface area contributed by atoms with Gasteiger partial charge in [0.05, 0.1) is 22.7 Å². The SMILES string of the molecule is CS(=O)(=O)NCc1cc(F)cc(-c2cccc3[nH]c(-c4n[nH]c5ncc(-c6cncnc6)cc45)nc23)c1. The molecule has 184 valence electrons. The highest BCUT2D eigenvalue weighted by atomic mass is 32.2. The van der Waals surface area contributed by atoms with E-state index in [1.54, 1.807) is 24.7 Å². The van der Waals surface area contributed by atoms with Crippen molar-refractivity contribution in [2.45, 2.75) is 6.54 Å². The number of hydrogen-bond acceptors (Lipinski definition) is 7. The van der Waals surface area contributed by atoms with Crippen LogP contribution in [-0.2, 0) is 16.6 Å². The summed E-state index contributed by atoms with van der Waals surface area (Å²) < 4.78 is 39.9. The molecule has 6 aromatic rings. The van der Waals surface area contributed by atoms with E-state index in [4.69, 9.17) is 4.98 Å².